The van der Waals surface area contributed by atoms with Crippen molar-refractivity contribution < 1.29 is 4.79 Å². The molecule has 12 heavy (non-hydrogen) atoms. The number of hydrogen-bond acceptors (Lipinski definition) is 2. The number of amides is 1. The first kappa shape index (κ1) is 7.22. The summed E-state index contributed by atoms with van der Waals surface area (Å²) < 4.78 is 0. The first-order valence-electron chi connectivity index (χ1n) is 3.59. The molecular formula is C8H6BN2O. The fourth-order valence-electron chi connectivity index (χ4n) is 1.18. The first-order chi connectivity index (χ1) is 5.68. The van der Waals surface area contributed by atoms with Gasteiger partial charge in [-0.15, -0.1) is 0 Å². The van der Waals surface area contributed by atoms with Crippen LogP contribution in [-0.2, 0) is 4.79 Å². The van der Waals surface area contributed by atoms with Crippen LogP contribution in [0.2, 0.25) is 0 Å². The van der Waals surface area contributed by atoms with Crippen LogP contribution in [0.15, 0.2) is 12.3 Å². The fraction of sp³-hybridized carbons (Fsp3) is 0.125. The number of fused-ring (bicyclic) bond motifs is 1. The number of aromatic nitrogens is 1. The number of carbonyl (C=O) groups excluding carboxylic acids is 1. The van der Waals surface area contributed by atoms with Gasteiger partial charge in [0, 0.05) is 0 Å². The third-order valence-electron chi connectivity index (χ3n) is 1.77. The van der Waals surface area contributed by atoms with Crippen molar-refractivity contribution in [2.75, 3.05) is 5.32 Å². The second-order valence-corrected chi connectivity index (χ2v) is 2.78. The second-order valence-electron chi connectivity index (χ2n) is 2.78. The number of hydrogen-bond donors (Lipinski definition) is 1. The van der Waals surface area contributed by atoms with Crippen LogP contribution in [0, 0.1) is 6.92 Å². The van der Waals surface area contributed by atoms with Gasteiger partial charge < -0.3 is 0 Å². The van der Waals surface area contributed by atoms with Crippen molar-refractivity contribution in [2.24, 2.45) is 0 Å². The van der Waals surface area contributed by atoms with E-state index in [2.05, 4.69) is 10.3 Å². The van der Waals surface area contributed by atoms with Crippen molar-refractivity contribution in [1.82, 2.24) is 4.98 Å². The Bertz CT molecular complexity index is 387. The molecule has 1 N–H and O–H groups in total. The van der Waals surface area contributed by atoms with E-state index in [1.54, 1.807) is 6.20 Å². The third kappa shape index (κ3) is 0.880. The molecule has 57 valence electrons. The Labute approximate surface area is 70.9 Å². The fourth-order valence-corrected chi connectivity index (χ4v) is 1.18. The van der Waals surface area contributed by atoms with Crippen molar-refractivity contribution in [3.63, 3.8) is 0 Å². The third-order valence-corrected chi connectivity index (χ3v) is 1.77. The van der Waals surface area contributed by atoms with Crippen LogP contribution in [0.25, 0.3) is 0 Å². The van der Waals surface area contributed by atoms with Crippen LogP contribution in [0.3, 0.4) is 0 Å². The number of rotatable bonds is 0. The molecule has 0 saturated heterocycles. The van der Waals surface area contributed by atoms with E-state index in [0.29, 0.717) is 11.4 Å². The SMILES string of the molecule is [B]=C1C(=O)Nc2cc(C)cnc21. The molecule has 1 aromatic rings. The second kappa shape index (κ2) is 2.27. The van der Waals surface area contributed by atoms with Gasteiger partial charge in [0.25, 0.3) is 0 Å². The number of anilines is 1. The molecule has 2 heterocycles. The predicted octanol–water partition coefficient (Wildman–Crippen LogP) is 0.0311. The Morgan fingerprint density at radius 3 is 3.08 bits per heavy atom. The predicted molar refractivity (Wildman–Crippen MR) is 47.5 cm³/mol. The van der Waals surface area contributed by atoms with E-state index in [0.717, 1.165) is 5.56 Å². The van der Waals surface area contributed by atoms with Crippen molar-refractivity contribution in [2.45, 2.75) is 6.92 Å². The molecule has 1 aromatic heterocycles. The zero-order valence-electron chi connectivity index (χ0n) is 6.59. The summed E-state index contributed by atoms with van der Waals surface area (Å²) >= 11 is 0. The zero-order chi connectivity index (χ0) is 8.72. The van der Waals surface area contributed by atoms with Gasteiger partial charge in [0.2, 0.25) is 0 Å². The molecule has 0 unspecified atom stereocenters. The summed E-state index contributed by atoms with van der Waals surface area (Å²) in [5, 5.41) is 2.62. The van der Waals surface area contributed by atoms with Crippen molar-refractivity contribution in [1.29, 1.82) is 0 Å². The van der Waals surface area contributed by atoms with Crippen LogP contribution in [0.4, 0.5) is 5.69 Å². The maximum absolute atomic E-state index is 11.0. The molecule has 0 atom stereocenters. The van der Waals surface area contributed by atoms with Gasteiger partial charge >= 0.3 is 70.1 Å². The summed E-state index contributed by atoms with van der Waals surface area (Å²) in [5.74, 6) is -0.261. The number of nitrogens with zero attached hydrogens (tertiary/aromatic N) is 1. The van der Waals surface area contributed by atoms with Crippen LogP contribution in [0.5, 0.6) is 0 Å². The molecule has 0 spiro atoms. The first-order valence-corrected chi connectivity index (χ1v) is 3.59. The summed E-state index contributed by atoms with van der Waals surface area (Å²) in [5.41, 5.74) is 2.47. The van der Waals surface area contributed by atoms with Crippen molar-refractivity contribution in [3.05, 3.63) is 23.5 Å². The van der Waals surface area contributed by atoms with E-state index in [4.69, 9.17) is 7.49 Å². The minimum atomic E-state index is -0.261. The molecule has 0 aliphatic carbocycles. The molecule has 0 aromatic carbocycles. The molecule has 1 radical (unpaired) electrons. The Kier molecular flexibility index (Phi) is 1.36. The Morgan fingerprint density at radius 2 is 2.33 bits per heavy atom. The molecule has 1 aliphatic heterocycles. The molecule has 1 aliphatic rings. The van der Waals surface area contributed by atoms with Gasteiger partial charge in [-0.25, -0.2) is 0 Å². The van der Waals surface area contributed by atoms with E-state index in [-0.39, 0.29) is 11.4 Å². The van der Waals surface area contributed by atoms with Gasteiger partial charge in [-0.05, 0) is 0 Å². The Hall–Kier alpha value is -1.45. The summed E-state index contributed by atoms with van der Waals surface area (Å²) in [6, 6.07) is 1.85. The molecule has 0 bridgehead atoms. The van der Waals surface area contributed by atoms with Gasteiger partial charge in [0.1, 0.15) is 0 Å². The number of aryl methyl sites for hydroxylation is 1. The van der Waals surface area contributed by atoms with Gasteiger partial charge in [-0.2, -0.15) is 0 Å². The van der Waals surface area contributed by atoms with Gasteiger partial charge in [-0.3, -0.25) is 0 Å². The normalized spacial score (nSPS) is 14.3. The van der Waals surface area contributed by atoms with Crippen molar-refractivity contribution in [3.8, 4) is 0 Å². The van der Waals surface area contributed by atoms with E-state index in [9.17, 15) is 4.79 Å². The standard InChI is InChI=1S/C8H6BN2O/c1-4-2-5-7(10-3-4)6(9)8(12)11-5/h2-3H,1H3,(H,11,12). The summed E-state index contributed by atoms with van der Waals surface area (Å²) in [6.45, 7) is 1.91. The Morgan fingerprint density at radius 1 is 1.58 bits per heavy atom. The number of carbonyl (C=O) groups is 1. The molecule has 1 amide bonds. The average Bonchev–Trinajstić information content (AvgIpc) is 2.28. The molecular weight excluding hydrogens is 151 g/mol. The van der Waals surface area contributed by atoms with E-state index in [1.807, 2.05) is 13.0 Å². The van der Waals surface area contributed by atoms with Gasteiger partial charge in [-0.1, -0.05) is 0 Å². The minimum absolute atomic E-state index is 0.199. The molecule has 0 saturated carbocycles. The molecule has 3 nitrogen and oxygen atoms in total. The van der Waals surface area contributed by atoms with Crippen LogP contribution < -0.4 is 5.32 Å². The summed E-state index contributed by atoms with van der Waals surface area (Å²) in [7, 11) is 5.48. The van der Waals surface area contributed by atoms with E-state index < -0.39 is 0 Å². The quantitative estimate of drug-likeness (QED) is 0.539. The van der Waals surface area contributed by atoms with Gasteiger partial charge in [0.15, 0.2) is 0 Å². The van der Waals surface area contributed by atoms with Crippen LogP contribution in [-0.4, -0.2) is 23.8 Å². The van der Waals surface area contributed by atoms with E-state index in [1.165, 1.54) is 0 Å². The summed E-state index contributed by atoms with van der Waals surface area (Å²) in [4.78, 5) is 15.1. The average molecular weight is 157 g/mol. The zero-order valence-corrected chi connectivity index (χ0v) is 6.59. The van der Waals surface area contributed by atoms with Gasteiger partial charge in [0.05, 0.1) is 0 Å². The van der Waals surface area contributed by atoms with Crippen LogP contribution in [0.1, 0.15) is 11.3 Å². The van der Waals surface area contributed by atoms with E-state index >= 15 is 0 Å². The van der Waals surface area contributed by atoms with Crippen LogP contribution >= 0.6 is 0 Å². The number of pyridine rings is 1. The molecule has 0 fully saturated rings. The topological polar surface area (TPSA) is 42.0 Å². The summed E-state index contributed by atoms with van der Waals surface area (Å²) in [6.07, 6.45) is 1.69. The maximum atomic E-state index is 11.0. The monoisotopic (exact) mass is 157 g/mol. The number of nitrogens with one attached hydrogen (secondary N) is 1. The molecule has 4 heteroatoms. The molecule has 2 rings (SSSR count). The Balaban J connectivity index is 2.62. The van der Waals surface area contributed by atoms with Crippen molar-refractivity contribution >= 4 is 24.5 Å².